The van der Waals surface area contributed by atoms with Crippen molar-refractivity contribution in [1.82, 2.24) is 10.3 Å². The fraction of sp³-hybridized carbons (Fsp3) is 0.643. The van der Waals surface area contributed by atoms with Gasteiger partial charge in [0, 0.05) is 18.9 Å². The van der Waals surface area contributed by atoms with Crippen LogP contribution in [0.2, 0.25) is 0 Å². The normalized spacial score (nSPS) is 14.4. The molecular weight excluding hydrogens is 226 g/mol. The molecule has 0 aliphatic heterocycles. The van der Waals surface area contributed by atoms with Crippen molar-refractivity contribution >= 4 is 5.82 Å². The Kier molecular flexibility index (Phi) is 6.09. The van der Waals surface area contributed by atoms with Gasteiger partial charge in [-0.2, -0.15) is 0 Å². The van der Waals surface area contributed by atoms with Crippen LogP contribution in [0.25, 0.3) is 0 Å². The Hall–Kier alpha value is -1.13. The van der Waals surface area contributed by atoms with Gasteiger partial charge in [-0.1, -0.05) is 20.3 Å². The molecule has 4 heteroatoms. The zero-order chi connectivity index (χ0) is 13.5. The van der Waals surface area contributed by atoms with Crippen molar-refractivity contribution in [2.24, 2.45) is 0 Å². The van der Waals surface area contributed by atoms with E-state index in [-0.39, 0.29) is 12.1 Å². The van der Waals surface area contributed by atoms with E-state index in [4.69, 9.17) is 10.5 Å². The summed E-state index contributed by atoms with van der Waals surface area (Å²) in [7, 11) is 1.76. The van der Waals surface area contributed by atoms with Crippen LogP contribution < -0.4 is 11.1 Å². The number of ether oxygens (including phenoxy) is 1. The van der Waals surface area contributed by atoms with Gasteiger partial charge in [0.15, 0.2) is 0 Å². The number of pyridine rings is 1. The molecule has 0 bridgehead atoms. The van der Waals surface area contributed by atoms with Crippen LogP contribution in [-0.2, 0) is 4.74 Å². The highest BCUT2D eigenvalue weighted by Gasteiger charge is 2.25. The molecule has 0 spiro atoms. The van der Waals surface area contributed by atoms with Crippen LogP contribution in [0, 0.1) is 6.92 Å². The lowest BCUT2D eigenvalue weighted by molar-refractivity contribution is 0.0610. The number of nitrogen functional groups attached to an aromatic ring is 1. The van der Waals surface area contributed by atoms with Gasteiger partial charge in [-0.15, -0.1) is 0 Å². The van der Waals surface area contributed by atoms with Gasteiger partial charge in [0.1, 0.15) is 5.82 Å². The summed E-state index contributed by atoms with van der Waals surface area (Å²) in [5, 5.41) is 3.47. The van der Waals surface area contributed by atoms with E-state index in [1.54, 1.807) is 13.3 Å². The Labute approximate surface area is 110 Å². The summed E-state index contributed by atoms with van der Waals surface area (Å²) in [6.07, 6.45) is 3.96. The van der Waals surface area contributed by atoms with Gasteiger partial charge >= 0.3 is 0 Å². The van der Waals surface area contributed by atoms with Gasteiger partial charge in [-0.05, 0) is 31.5 Å². The van der Waals surface area contributed by atoms with Crippen molar-refractivity contribution < 1.29 is 4.74 Å². The van der Waals surface area contributed by atoms with Gasteiger partial charge in [0.25, 0.3) is 0 Å². The first-order valence-electron chi connectivity index (χ1n) is 6.62. The quantitative estimate of drug-likeness (QED) is 0.781. The SMILES string of the molecule is CCCC(OC)C(NCC)c1c(C)ccnc1N. The maximum absolute atomic E-state index is 6.03. The second-order valence-corrected chi connectivity index (χ2v) is 4.52. The average molecular weight is 251 g/mol. The summed E-state index contributed by atoms with van der Waals surface area (Å²) in [5.74, 6) is 0.596. The van der Waals surface area contributed by atoms with Crippen LogP contribution in [0.4, 0.5) is 5.82 Å². The van der Waals surface area contributed by atoms with Crippen LogP contribution in [0.1, 0.15) is 43.9 Å². The number of nitrogens with zero attached hydrogens (tertiary/aromatic N) is 1. The smallest absolute Gasteiger partial charge is 0.128 e. The number of likely N-dealkylation sites (N-methyl/N-ethyl adjacent to an activating group) is 1. The average Bonchev–Trinajstić information content (AvgIpc) is 2.35. The summed E-state index contributed by atoms with van der Waals surface area (Å²) in [6, 6.07) is 2.10. The Morgan fingerprint density at radius 2 is 2.17 bits per heavy atom. The molecule has 0 aromatic carbocycles. The molecule has 18 heavy (non-hydrogen) atoms. The molecule has 1 aromatic heterocycles. The monoisotopic (exact) mass is 251 g/mol. The Bertz CT molecular complexity index is 348. The molecule has 1 rings (SSSR count). The van der Waals surface area contributed by atoms with E-state index in [1.807, 2.05) is 6.07 Å². The lowest BCUT2D eigenvalue weighted by Crippen LogP contribution is -2.34. The van der Waals surface area contributed by atoms with Crippen LogP contribution in [0.5, 0.6) is 0 Å². The van der Waals surface area contributed by atoms with Crippen molar-refractivity contribution in [3.63, 3.8) is 0 Å². The predicted octanol–water partition coefficient (Wildman–Crippen LogP) is 2.44. The summed E-state index contributed by atoms with van der Waals surface area (Å²) >= 11 is 0. The van der Waals surface area contributed by atoms with Crippen molar-refractivity contribution in [1.29, 1.82) is 0 Å². The highest BCUT2D eigenvalue weighted by atomic mass is 16.5. The number of aromatic nitrogens is 1. The number of rotatable bonds is 7. The fourth-order valence-corrected chi connectivity index (χ4v) is 2.34. The minimum absolute atomic E-state index is 0.105. The van der Waals surface area contributed by atoms with Crippen molar-refractivity contribution in [2.75, 3.05) is 19.4 Å². The molecule has 0 saturated heterocycles. The summed E-state index contributed by atoms with van der Waals surface area (Å²) in [4.78, 5) is 4.20. The van der Waals surface area contributed by atoms with Crippen molar-refractivity contribution in [2.45, 2.75) is 45.8 Å². The minimum Gasteiger partial charge on any atom is -0.383 e. The zero-order valence-corrected chi connectivity index (χ0v) is 11.9. The first kappa shape index (κ1) is 14.9. The molecule has 0 saturated carbocycles. The number of methoxy groups -OCH3 is 1. The Balaban J connectivity index is 3.09. The molecule has 2 unspecified atom stereocenters. The molecule has 0 radical (unpaired) electrons. The van der Waals surface area contributed by atoms with E-state index in [0.717, 1.165) is 30.5 Å². The summed E-state index contributed by atoms with van der Waals surface area (Å²) in [5.41, 5.74) is 8.26. The summed E-state index contributed by atoms with van der Waals surface area (Å²) < 4.78 is 5.62. The van der Waals surface area contributed by atoms with Gasteiger partial charge in [0.2, 0.25) is 0 Å². The number of nitrogens with two attached hydrogens (primary N) is 1. The molecule has 4 nitrogen and oxygen atoms in total. The predicted molar refractivity (Wildman–Crippen MR) is 75.5 cm³/mol. The molecule has 0 fully saturated rings. The van der Waals surface area contributed by atoms with Crippen molar-refractivity contribution in [3.05, 3.63) is 23.4 Å². The second kappa shape index (κ2) is 7.34. The summed E-state index contributed by atoms with van der Waals surface area (Å²) in [6.45, 7) is 7.19. The Morgan fingerprint density at radius 1 is 1.44 bits per heavy atom. The maximum Gasteiger partial charge on any atom is 0.128 e. The highest BCUT2D eigenvalue weighted by molar-refractivity contribution is 5.46. The van der Waals surface area contributed by atoms with Gasteiger partial charge in [0.05, 0.1) is 12.1 Å². The number of aryl methyl sites for hydroxylation is 1. The van der Waals surface area contributed by atoms with E-state index in [1.165, 1.54) is 0 Å². The van der Waals surface area contributed by atoms with Crippen molar-refractivity contribution in [3.8, 4) is 0 Å². The van der Waals surface area contributed by atoms with Gasteiger partial charge in [-0.3, -0.25) is 0 Å². The van der Waals surface area contributed by atoms with Gasteiger partial charge < -0.3 is 15.8 Å². The molecule has 0 aliphatic carbocycles. The van der Waals surface area contributed by atoms with Crippen LogP contribution in [-0.4, -0.2) is 24.7 Å². The number of nitrogens with one attached hydrogen (secondary N) is 1. The number of hydrogen-bond donors (Lipinski definition) is 2. The first-order chi connectivity index (χ1) is 8.65. The first-order valence-corrected chi connectivity index (χ1v) is 6.62. The molecule has 1 aromatic rings. The molecule has 3 N–H and O–H groups in total. The van der Waals surface area contributed by atoms with E-state index < -0.39 is 0 Å². The highest BCUT2D eigenvalue weighted by Crippen LogP contribution is 2.28. The van der Waals surface area contributed by atoms with Crippen LogP contribution >= 0.6 is 0 Å². The van der Waals surface area contributed by atoms with Crippen LogP contribution in [0.3, 0.4) is 0 Å². The largest absolute Gasteiger partial charge is 0.383 e. The molecular formula is C14H25N3O. The molecule has 1 heterocycles. The third-order valence-electron chi connectivity index (χ3n) is 3.22. The third kappa shape index (κ3) is 3.43. The lowest BCUT2D eigenvalue weighted by Gasteiger charge is -2.28. The topological polar surface area (TPSA) is 60.2 Å². The molecule has 0 aliphatic rings. The van der Waals surface area contributed by atoms with Crippen LogP contribution in [0.15, 0.2) is 12.3 Å². The zero-order valence-electron chi connectivity index (χ0n) is 11.9. The minimum atomic E-state index is 0.105. The van der Waals surface area contributed by atoms with E-state index in [9.17, 15) is 0 Å². The second-order valence-electron chi connectivity index (χ2n) is 4.52. The molecule has 0 amide bonds. The maximum atomic E-state index is 6.03. The number of hydrogen-bond acceptors (Lipinski definition) is 4. The fourth-order valence-electron chi connectivity index (χ4n) is 2.34. The van der Waals surface area contributed by atoms with E-state index >= 15 is 0 Å². The molecule has 102 valence electrons. The molecule has 2 atom stereocenters. The Morgan fingerprint density at radius 3 is 2.67 bits per heavy atom. The van der Waals surface area contributed by atoms with E-state index in [0.29, 0.717) is 5.82 Å². The standard InChI is InChI=1S/C14H25N3O/c1-5-7-11(18-4)13(16-6-2)12-10(3)8-9-17-14(12)15/h8-9,11,13,16H,5-7H2,1-4H3,(H2,15,17). The third-order valence-corrected chi connectivity index (χ3v) is 3.22. The number of anilines is 1. The lowest BCUT2D eigenvalue weighted by atomic mass is 9.95. The van der Waals surface area contributed by atoms with E-state index in [2.05, 4.69) is 31.1 Å². The van der Waals surface area contributed by atoms with Gasteiger partial charge in [-0.25, -0.2) is 4.98 Å².